The first kappa shape index (κ1) is 12.7. The number of pyridine rings is 1. The average molecular weight is 305 g/mol. The average Bonchev–Trinajstić information content (AvgIpc) is 3.28. The molecule has 1 aliphatic heterocycles. The molecule has 1 saturated carbocycles. The molecule has 0 spiro atoms. The Labute approximate surface area is 125 Å². The molecule has 6 heteroatoms. The van der Waals surface area contributed by atoms with Crippen LogP contribution in [-0.4, -0.2) is 23.1 Å². The SMILES string of the molecule is O=C(NC1CC1)c1cn2c3c(ccc(Cl)c3c1=O)OCC2. The van der Waals surface area contributed by atoms with Gasteiger partial charge in [-0.2, -0.15) is 0 Å². The van der Waals surface area contributed by atoms with Crippen LogP contribution in [0.4, 0.5) is 0 Å². The van der Waals surface area contributed by atoms with Crippen molar-refractivity contribution in [3.8, 4) is 5.75 Å². The molecule has 1 amide bonds. The van der Waals surface area contributed by atoms with Crippen LogP contribution in [0.2, 0.25) is 5.02 Å². The number of hydrogen-bond donors (Lipinski definition) is 1. The summed E-state index contributed by atoms with van der Waals surface area (Å²) in [6, 6.07) is 3.60. The highest BCUT2D eigenvalue weighted by molar-refractivity contribution is 6.35. The van der Waals surface area contributed by atoms with Gasteiger partial charge >= 0.3 is 0 Å². The Kier molecular flexibility index (Phi) is 2.72. The lowest BCUT2D eigenvalue weighted by Gasteiger charge is -2.21. The predicted octanol–water partition coefficient (Wildman–Crippen LogP) is 1.94. The van der Waals surface area contributed by atoms with Crippen molar-refractivity contribution in [2.75, 3.05) is 6.61 Å². The molecule has 1 N–H and O–H groups in total. The third kappa shape index (κ3) is 2.00. The number of rotatable bonds is 2. The molecule has 5 nitrogen and oxygen atoms in total. The maximum Gasteiger partial charge on any atom is 0.256 e. The summed E-state index contributed by atoms with van der Waals surface area (Å²) in [7, 11) is 0. The number of nitrogens with zero attached hydrogens (tertiary/aromatic N) is 1. The van der Waals surface area contributed by atoms with Gasteiger partial charge in [0.2, 0.25) is 5.43 Å². The van der Waals surface area contributed by atoms with Crippen LogP contribution in [-0.2, 0) is 6.54 Å². The van der Waals surface area contributed by atoms with Crippen molar-refractivity contribution in [2.24, 2.45) is 0 Å². The highest BCUT2D eigenvalue weighted by atomic mass is 35.5. The molecule has 108 valence electrons. The number of nitrogens with one attached hydrogen (secondary N) is 1. The van der Waals surface area contributed by atoms with E-state index in [1.165, 1.54) is 0 Å². The van der Waals surface area contributed by atoms with Crippen LogP contribution in [0.1, 0.15) is 23.2 Å². The van der Waals surface area contributed by atoms with Gasteiger partial charge < -0.3 is 14.6 Å². The second-order valence-electron chi connectivity index (χ2n) is 5.43. The van der Waals surface area contributed by atoms with Crippen molar-refractivity contribution in [3.63, 3.8) is 0 Å². The molecule has 1 fully saturated rings. The summed E-state index contributed by atoms with van der Waals surface area (Å²) < 4.78 is 7.44. The number of ether oxygens (including phenoxy) is 1. The molecular formula is C15H13ClN2O3. The van der Waals surface area contributed by atoms with Gasteiger partial charge in [-0.1, -0.05) is 11.6 Å². The summed E-state index contributed by atoms with van der Waals surface area (Å²) in [5, 5.41) is 3.56. The van der Waals surface area contributed by atoms with E-state index in [1.807, 2.05) is 4.57 Å². The molecule has 2 aromatic rings. The quantitative estimate of drug-likeness (QED) is 0.922. The summed E-state index contributed by atoms with van der Waals surface area (Å²) >= 11 is 6.18. The van der Waals surface area contributed by atoms with Crippen molar-refractivity contribution in [1.82, 2.24) is 9.88 Å². The lowest BCUT2D eigenvalue weighted by Crippen LogP contribution is -2.32. The summed E-state index contributed by atoms with van der Waals surface area (Å²) in [6.45, 7) is 1.10. The fourth-order valence-electron chi connectivity index (χ4n) is 2.66. The van der Waals surface area contributed by atoms with Crippen molar-refractivity contribution in [3.05, 3.63) is 39.1 Å². The molecule has 4 rings (SSSR count). The zero-order valence-electron chi connectivity index (χ0n) is 11.2. The Bertz CT molecular complexity index is 824. The third-order valence-corrected chi connectivity index (χ3v) is 4.20. The molecule has 1 aromatic carbocycles. The number of aromatic nitrogens is 1. The smallest absolute Gasteiger partial charge is 0.256 e. The van der Waals surface area contributed by atoms with Crippen LogP contribution in [0.5, 0.6) is 5.75 Å². The van der Waals surface area contributed by atoms with E-state index in [0.717, 1.165) is 12.8 Å². The van der Waals surface area contributed by atoms with Gasteiger partial charge in [0.25, 0.3) is 5.91 Å². The Hall–Kier alpha value is -2.01. The van der Waals surface area contributed by atoms with E-state index >= 15 is 0 Å². The van der Waals surface area contributed by atoms with Gasteiger partial charge in [-0.3, -0.25) is 9.59 Å². The monoisotopic (exact) mass is 304 g/mol. The van der Waals surface area contributed by atoms with Crippen LogP contribution in [0.25, 0.3) is 10.9 Å². The van der Waals surface area contributed by atoms with Crippen molar-refractivity contribution in [1.29, 1.82) is 0 Å². The minimum atomic E-state index is -0.336. The van der Waals surface area contributed by atoms with Gasteiger partial charge in [0.05, 0.1) is 22.5 Å². The first-order valence-electron chi connectivity index (χ1n) is 6.94. The standard InChI is InChI=1S/C15H13ClN2O3/c16-10-3-4-11-13-12(10)14(19)9(7-18(13)5-6-21-11)15(20)17-8-1-2-8/h3-4,7-8H,1-2,5-6H2,(H,17,20). The lowest BCUT2D eigenvalue weighted by atomic mass is 10.1. The largest absolute Gasteiger partial charge is 0.490 e. The highest BCUT2D eigenvalue weighted by Crippen LogP contribution is 2.32. The number of carbonyl (C=O) groups is 1. The van der Waals surface area contributed by atoms with Crippen LogP contribution in [0.3, 0.4) is 0 Å². The summed E-state index contributed by atoms with van der Waals surface area (Å²) in [4.78, 5) is 24.9. The maximum atomic E-state index is 12.6. The van der Waals surface area contributed by atoms with Gasteiger partial charge in [0.1, 0.15) is 17.9 Å². The predicted molar refractivity (Wildman–Crippen MR) is 79.2 cm³/mol. The van der Waals surface area contributed by atoms with Crippen LogP contribution in [0.15, 0.2) is 23.1 Å². The Morgan fingerprint density at radius 2 is 2.19 bits per heavy atom. The second-order valence-corrected chi connectivity index (χ2v) is 5.84. The number of halogens is 1. The summed E-state index contributed by atoms with van der Waals surface area (Å²) in [5.41, 5.74) is 0.480. The lowest BCUT2D eigenvalue weighted by molar-refractivity contribution is 0.0949. The zero-order chi connectivity index (χ0) is 14.6. The third-order valence-electron chi connectivity index (χ3n) is 3.88. The van der Waals surface area contributed by atoms with E-state index < -0.39 is 0 Å². The van der Waals surface area contributed by atoms with Crippen molar-refractivity contribution >= 4 is 28.4 Å². The van der Waals surface area contributed by atoms with E-state index in [1.54, 1.807) is 18.3 Å². The van der Waals surface area contributed by atoms with Crippen LogP contribution in [0, 0.1) is 0 Å². The molecule has 2 aliphatic rings. The fourth-order valence-corrected chi connectivity index (χ4v) is 2.90. The number of carbonyl (C=O) groups excluding carboxylic acids is 1. The molecule has 0 bridgehead atoms. The minimum absolute atomic E-state index is 0.148. The van der Waals surface area contributed by atoms with Crippen molar-refractivity contribution in [2.45, 2.75) is 25.4 Å². The maximum absolute atomic E-state index is 12.6. The van der Waals surface area contributed by atoms with Gasteiger partial charge in [0.15, 0.2) is 0 Å². The molecule has 0 saturated heterocycles. The van der Waals surface area contributed by atoms with E-state index in [2.05, 4.69) is 5.32 Å². The van der Waals surface area contributed by atoms with Crippen LogP contribution >= 0.6 is 11.6 Å². The highest BCUT2D eigenvalue weighted by Gasteiger charge is 2.27. The zero-order valence-corrected chi connectivity index (χ0v) is 11.9. The molecular weight excluding hydrogens is 292 g/mol. The molecule has 2 heterocycles. The number of hydrogen-bond acceptors (Lipinski definition) is 3. The molecule has 1 aromatic heterocycles. The first-order chi connectivity index (χ1) is 10.1. The normalized spacial score (nSPS) is 16.6. The Morgan fingerprint density at radius 1 is 1.38 bits per heavy atom. The van der Waals surface area contributed by atoms with E-state index in [9.17, 15) is 9.59 Å². The Morgan fingerprint density at radius 3 is 2.95 bits per heavy atom. The fraction of sp³-hybridized carbons (Fsp3) is 0.333. The van der Waals surface area contributed by atoms with Crippen molar-refractivity contribution < 1.29 is 9.53 Å². The second kappa shape index (κ2) is 4.49. The molecule has 0 atom stereocenters. The van der Waals surface area contributed by atoms with Gasteiger partial charge in [-0.05, 0) is 25.0 Å². The van der Waals surface area contributed by atoms with E-state index in [4.69, 9.17) is 16.3 Å². The van der Waals surface area contributed by atoms with E-state index in [-0.39, 0.29) is 22.9 Å². The molecule has 0 radical (unpaired) electrons. The van der Waals surface area contributed by atoms with Gasteiger partial charge in [-0.15, -0.1) is 0 Å². The number of amides is 1. The van der Waals surface area contributed by atoms with Gasteiger partial charge in [-0.25, -0.2) is 0 Å². The Balaban J connectivity index is 1.97. The molecule has 21 heavy (non-hydrogen) atoms. The van der Waals surface area contributed by atoms with E-state index in [0.29, 0.717) is 34.8 Å². The summed E-state index contributed by atoms with van der Waals surface area (Å²) in [5.74, 6) is 0.313. The summed E-state index contributed by atoms with van der Waals surface area (Å²) in [6.07, 6.45) is 3.57. The topological polar surface area (TPSA) is 60.3 Å². The number of benzene rings is 1. The first-order valence-corrected chi connectivity index (χ1v) is 7.32. The molecule has 0 unspecified atom stereocenters. The molecule has 1 aliphatic carbocycles. The van der Waals surface area contributed by atoms with Gasteiger partial charge in [0, 0.05) is 12.2 Å². The van der Waals surface area contributed by atoms with Crippen LogP contribution < -0.4 is 15.5 Å². The minimum Gasteiger partial charge on any atom is -0.490 e.